The number of benzene rings is 2. The van der Waals surface area contributed by atoms with Crippen molar-refractivity contribution in [3.05, 3.63) is 64.5 Å². The number of hydrogen-bond donors (Lipinski definition) is 1. The molecule has 3 rings (SSSR count). The molecule has 0 unspecified atom stereocenters. The summed E-state index contributed by atoms with van der Waals surface area (Å²) >= 11 is 1.43. The molecule has 1 N–H and O–H groups in total. The largest absolute Gasteiger partial charge is 0.508 e. The quantitative estimate of drug-likeness (QED) is 0.709. The van der Waals surface area contributed by atoms with Crippen LogP contribution in [-0.4, -0.2) is 10.9 Å². The minimum Gasteiger partial charge on any atom is -0.508 e. The molecule has 19 heavy (non-hydrogen) atoms. The Kier molecular flexibility index (Phi) is 2.84. The number of phenolic OH excluding ortho intramolecular Hbond substituents is 1. The first-order chi connectivity index (χ1) is 9.16. The molecule has 3 heteroatoms. The predicted molar refractivity (Wildman–Crippen MR) is 78.1 cm³/mol. The van der Waals surface area contributed by atoms with Gasteiger partial charge in [-0.1, -0.05) is 30.3 Å². The number of carbonyl (C=O) groups excluding carboxylic acids is 1. The molecule has 2 nitrogen and oxygen atoms in total. The van der Waals surface area contributed by atoms with Crippen molar-refractivity contribution in [1.82, 2.24) is 0 Å². The number of phenols is 1. The molecule has 1 heterocycles. The van der Waals surface area contributed by atoms with Crippen molar-refractivity contribution in [1.29, 1.82) is 0 Å². The van der Waals surface area contributed by atoms with Crippen LogP contribution in [0.1, 0.15) is 20.8 Å². The molecule has 2 aromatic carbocycles. The molecule has 0 aliphatic carbocycles. The van der Waals surface area contributed by atoms with E-state index in [0.717, 1.165) is 20.5 Å². The summed E-state index contributed by atoms with van der Waals surface area (Å²) in [6, 6.07) is 14.5. The number of rotatable bonds is 2. The Morgan fingerprint density at radius 3 is 2.58 bits per heavy atom. The smallest absolute Gasteiger partial charge is 0.203 e. The number of aromatic hydroxyl groups is 1. The number of fused-ring (bicyclic) bond motifs is 1. The SMILES string of the molecule is Cc1c(C(=O)c2ccccc2)sc2cc(O)ccc12. The van der Waals surface area contributed by atoms with Crippen LogP contribution in [-0.2, 0) is 0 Å². The van der Waals surface area contributed by atoms with Crippen molar-refractivity contribution >= 4 is 27.2 Å². The van der Waals surface area contributed by atoms with Crippen LogP contribution in [0.3, 0.4) is 0 Å². The third-order valence-electron chi connectivity index (χ3n) is 3.16. The van der Waals surface area contributed by atoms with E-state index in [1.54, 1.807) is 12.1 Å². The summed E-state index contributed by atoms with van der Waals surface area (Å²) in [5.74, 6) is 0.270. The predicted octanol–water partition coefficient (Wildman–Crippen LogP) is 4.15. The summed E-state index contributed by atoms with van der Waals surface area (Å²) in [6.45, 7) is 1.95. The Bertz CT molecular complexity index is 757. The van der Waals surface area contributed by atoms with Gasteiger partial charge in [0.1, 0.15) is 5.75 Å². The minimum absolute atomic E-state index is 0.0405. The lowest BCUT2D eigenvalue weighted by molar-refractivity contribution is 0.104. The molecule has 0 saturated heterocycles. The van der Waals surface area contributed by atoms with E-state index in [2.05, 4.69) is 0 Å². The van der Waals surface area contributed by atoms with Gasteiger partial charge in [0.15, 0.2) is 0 Å². The average molecular weight is 268 g/mol. The summed E-state index contributed by atoms with van der Waals surface area (Å²) in [5.41, 5.74) is 1.68. The summed E-state index contributed by atoms with van der Waals surface area (Å²) in [5, 5.41) is 10.5. The first-order valence-electron chi connectivity index (χ1n) is 5.98. The molecule has 0 amide bonds. The highest BCUT2D eigenvalue weighted by Gasteiger charge is 2.16. The molecule has 3 aromatic rings. The molecule has 0 fully saturated rings. The van der Waals surface area contributed by atoms with Gasteiger partial charge < -0.3 is 5.11 Å². The van der Waals surface area contributed by atoms with Gasteiger partial charge in [0.2, 0.25) is 5.78 Å². The van der Waals surface area contributed by atoms with Gasteiger partial charge in [-0.15, -0.1) is 11.3 Å². The van der Waals surface area contributed by atoms with Crippen LogP contribution in [0.25, 0.3) is 10.1 Å². The third-order valence-corrected chi connectivity index (χ3v) is 4.42. The van der Waals surface area contributed by atoms with Crippen LogP contribution in [0.4, 0.5) is 0 Å². The number of thiophene rings is 1. The van der Waals surface area contributed by atoms with Crippen LogP contribution in [0.2, 0.25) is 0 Å². The van der Waals surface area contributed by atoms with Crippen molar-refractivity contribution in [2.45, 2.75) is 6.92 Å². The highest BCUT2D eigenvalue weighted by atomic mass is 32.1. The van der Waals surface area contributed by atoms with Gasteiger partial charge in [0, 0.05) is 10.3 Å². The van der Waals surface area contributed by atoms with E-state index in [1.807, 2.05) is 43.3 Å². The van der Waals surface area contributed by atoms with E-state index in [0.29, 0.717) is 5.56 Å². The van der Waals surface area contributed by atoms with E-state index in [4.69, 9.17) is 0 Å². The van der Waals surface area contributed by atoms with Gasteiger partial charge in [-0.05, 0) is 36.1 Å². The maximum atomic E-state index is 12.5. The topological polar surface area (TPSA) is 37.3 Å². The first kappa shape index (κ1) is 11.9. The van der Waals surface area contributed by atoms with Crippen molar-refractivity contribution in [3.8, 4) is 5.75 Å². The molecule has 0 aliphatic heterocycles. The van der Waals surface area contributed by atoms with E-state index in [9.17, 15) is 9.90 Å². The second-order valence-electron chi connectivity index (χ2n) is 4.43. The van der Waals surface area contributed by atoms with Crippen molar-refractivity contribution in [2.24, 2.45) is 0 Å². The third kappa shape index (κ3) is 2.02. The molecule has 0 spiro atoms. The zero-order valence-corrected chi connectivity index (χ0v) is 11.2. The van der Waals surface area contributed by atoms with Gasteiger partial charge in [0.05, 0.1) is 4.88 Å². The highest BCUT2D eigenvalue weighted by Crippen LogP contribution is 2.34. The zero-order chi connectivity index (χ0) is 13.4. The number of ketones is 1. The monoisotopic (exact) mass is 268 g/mol. The normalized spacial score (nSPS) is 10.8. The van der Waals surface area contributed by atoms with Gasteiger partial charge in [-0.3, -0.25) is 4.79 Å². The molecule has 0 bridgehead atoms. The van der Waals surface area contributed by atoms with Gasteiger partial charge in [0.25, 0.3) is 0 Å². The standard InChI is InChI=1S/C16H12O2S/c1-10-13-8-7-12(17)9-14(13)19-16(10)15(18)11-5-3-2-4-6-11/h2-9,17H,1H3. The number of aryl methyl sites for hydroxylation is 1. The van der Waals surface area contributed by atoms with Crippen LogP contribution in [0.5, 0.6) is 5.75 Å². The second-order valence-corrected chi connectivity index (χ2v) is 5.48. The van der Waals surface area contributed by atoms with Crippen LogP contribution in [0.15, 0.2) is 48.5 Å². The van der Waals surface area contributed by atoms with Crippen LogP contribution in [0, 0.1) is 6.92 Å². The summed E-state index contributed by atoms with van der Waals surface area (Å²) < 4.78 is 0.941. The number of hydrogen-bond acceptors (Lipinski definition) is 3. The molecule has 1 aromatic heterocycles. The van der Waals surface area contributed by atoms with E-state index >= 15 is 0 Å². The molecule has 94 valence electrons. The van der Waals surface area contributed by atoms with Gasteiger partial charge in [-0.2, -0.15) is 0 Å². The lowest BCUT2D eigenvalue weighted by Gasteiger charge is -1.99. The lowest BCUT2D eigenvalue weighted by Crippen LogP contribution is -1.99. The zero-order valence-electron chi connectivity index (χ0n) is 10.4. The van der Waals surface area contributed by atoms with Crippen molar-refractivity contribution in [2.75, 3.05) is 0 Å². The fourth-order valence-corrected chi connectivity index (χ4v) is 3.36. The Morgan fingerprint density at radius 1 is 1.11 bits per heavy atom. The van der Waals surface area contributed by atoms with Crippen LogP contribution >= 0.6 is 11.3 Å². The molecule has 0 saturated carbocycles. The Morgan fingerprint density at radius 2 is 1.84 bits per heavy atom. The van der Waals surface area contributed by atoms with E-state index < -0.39 is 0 Å². The molecular formula is C16H12O2S. The summed E-state index contributed by atoms with van der Waals surface area (Å²) in [4.78, 5) is 13.2. The second kappa shape index (κ2) is 4.52. The Balaban J connectivity index is 2.16. The fourth-order valence-electron chi connectivity index (χ4n) is 2.15. The summed E-state index contributed by atoms with van der Waals surface area (Å²) in [6.07, 6.45) is 0. The average Bonchev–Trinajstić information content (AvgIpc) is 2.75. The van der Waals surface area contributed by atoms with Gasteiger partial charge >= 0.3 is 0 Å². The van der Waals surface area contributed by atoms with Crippen molar-refractivity contribution < 1.29 is 9.90 Å². The molecule has 0 atom stereocenters. The van der Waals surface area contributed by atoms with E-state index in [1.165, 1.54) is 11.3 Å². The van der Waals surface area contributed by atoms with E-state index in [-0.39, 0.29) is 11.5 Å². The van der Waals surface area contributed by atoms with Gasteiger partial charge in [-0.25, -0.2) is 0 Å². The maximum absolute atomic E-state index is 12.5. The Labute approximate surface area is 114 Å². The highest BCUT2D eigenvalue weighted by molar-refractivity contribution is 7.21. The first-order valence-corrected chi connectivity index (χ1v) is 6.80. The molecule has 0 aliphatic rings. The summed E-state index contributed by atoms with van der Waals surface area (Å²) in [7, 11) is 0. The maximum Gasteiger partial charge on any atom is 0.203 e. The van der Waals surface area contributed by atoms with Crippen LogP contribution < -0.4 is 0 Å². The molecular weight excluding hydrogens is 256 g/mol. The van der Waals surface area contributed by atoms with Crippen molar-refractivity contribution in [3.63, 3.8) is 0 Å². The Hall–Kier alpha value is -2.13. The minimum atomic E-state index is 0.0405. The number of carbonyl (C=O) groups is 1. The molecule has 0 radical (unpaired) electrons. The lowest BCUT2D eigenvalue weighted by atomic mass is 10.1. The fraction of sp³-hybridized carbons (Fsp3) is 0.0625.